The van der Waals surface area contributed by atoms with Gasteiger partial charge in [0.15, 0.2) is 0 Å². The van der Waals surface area contributed by atoms with Gasteiger partial charge in [0.1, 0.15) is 0 Å². The standard InChI is InChI=1S/C23H24N2O3S2/c1-4-29-22-11-6-5-9-21(22)24-23(26)19-8-7-10-20(17(19)3)25-30(27,28)18-14-12-16(2)13-15-18/h5-15,25H,4H2,1-3H3,(H,24,26). The third-order valence-electron chi connectivity index (χ3n) is 4.59. The fourth-order valence-corrected chi connectivity index (χ4v) is 4.84. The Hall–Kier alpha value is -2.77. The summed E-state index contributed by atoms with van der Waals surface area (Å²) in [5, 5.41) is 2.94. The molecule has 0 unspecified atom stereocenters. The van der Waals surface area contributed by atoms with Crippen molar-refractivity contribution in [2.24, 2.45) is 0 Å². The highest BCUT2D eigenvalue weighted by atomic mass is 32.2. The van der Waals surface area contributed by atoms with Gasteiger partial charge in [-0.15, -0.1) is 11.8 Å². The number of sulfonamides is 1. The van der Waals surface area contributed by atoms with Crippen LogP contribution in [0.4, 0.5) is 11.4 Å². The van der Waals surface area contributed by atoms with Crippen molar-refractivity contribution in [1.82, 2.24) is 0 Å². The van der Waals surface area contributed by atoms with E-state index in [1.54, 1.807) is 61.2 Å². The summed E-state index contributed by atoms with van der Waals surface area (Å²) in [7, 11) is -3.75. The summed E-state index contributed by atoms with van der Waals surface area (Å²) in [5.74, 6) is 0.607. The second kappa shape index (κ2) is 9.36. The Bertz CT molecular complexity index is 1160. The maximum atomic E-state index is 12.9. The van der Waals surface area contributed by atoms with Crippen LogP contribution in [0, 0.1) is 13.8 Å². The lowest BCUT2D eigenvalue weighted by Crippen LogP contribution is -2.17. The lowest BCUT2D eigenvalue weighted by atomic mass is 10.1. The number of hydrogen-bond donors (Lipinski definition) is 2. The molecule has 0 fully saturated rings. The quantitative estimate of drug-likeness (QED) is 0.478. The van der Waals surface area contributed by atoms with Gasteiger partial charge in [0.05, 0.1) is 16.3 Å². The second-order valence-electron chi connectivity index (χ2n) is 6.78. The number of hydrogen-bond acceptors (Lipinski definition) is 4. The fraction of sp³-hybridized carbons (Fsp3) is 0.174. The third-order valence-corrected chi connectivity index (χ3v) is 6.93. The van der Waals surface area contributed by atoms with Gasteiger partial charge >= 0.3 is 0 Å². The molecule has 30 heavy (non-hydrogen) atoms. The molecule has 5 nitrogen and oxygen atoms in total. The molecule has 0 bridgehead atoms. The molecule has 3 aromatic carbocycles. The zero-order valence-corrected chi connectivity index (χ0v) is 18.7. The number of rotatable bonds is 7. The average Bonchev–Trinajstić information content (AvgIpc) is 2.71. The first-order chi connectivity index (χ1) is 14.3. The molecule has 3 aromatic rings. The molecular weight excluding hydrogens is 416 g/mol. The van der Waals surface area contributed by atoms with Crippen LogP contribution >= 0.6 is 11.8 Å². The van der Waals surface area contributed by atoms with Gasteiger partial charge in [0, 0.05) is 10.5 Å². The number of aryl methyl sites for hydroxylation is 1. The van der Waals surface area contributed by atoms with E-state index in [-0.39, 0.29) is 10.8 Å². The predicted octanol–water partition coefficient (Wildman–Crippen LogP) is 5.47. The molecule has 0 heterocycles. The normalized spacial score (nSPS) is 11.2. The van der Waals surface area contributed by atoms with Gasteiger partial charge < -0.3 is 5.32 Å². The monoisotopic (exact) mass is 440 g/mol. The number of benzene rings is 3. The highest BCUT2D eigenvalue weighted by Gasteiger charge is 2.18. The van der Waals surface area contributed by atoms with Crippen LogP contribution in [0.3, 0.4) is 0 Å². The topological polar surface area (TPSA) is 75.3 Å². The lowest BCUT2D eigenvalue weighted by molar-refractivity contribution is 0.102. The van der Waals surface area contributed by atoms with Gasteiger partial charge in [-0.05, 0) is 61.6 Å². The number of anilines is 2. The van der Waals surface area contributed by atoms with Gasteiger partial charge in [0.25, 0.3) is 15.9 Å². The molecule has 0 radical (unpaired) electrons. The lowest BCUT2D eigenvalue weighted by Gasteiger charge is -2.15. The van der Waals surface area contributed by atoms with E-state index in [1.165, 1.54) is 0 Å². The van der Waals surface area contributed by atoms with E-state index in [0.717, 1.165) is 21.9 Å². The molecule has 156 valence electrons. The molecule has 0 aromatic heterocycles. The number of nitrogens with one attached hydrogen (secondary N) is 2. The fourth-order valence-electron chi connectivity index (χ4n) is 2.95. The van der Waals surface area contributed by atoms with Gasteiger partial charge in [-0.2, -0.15) is 0 Å². The number of carbonyl (C=O) groups excluding carboxylic acids is 1. The van der Waals surface area contributed by atoms with E-state index in [4.69, 9.17) is 0 Å². The summed E-state index contributed by atoms with van der Waals surface area (Å²) in [6, 6.07) is 19.2. The molecule has 0 saturated carbocycles. The molecule has 7 heteroatoms. The van der Waals surface area contributed by atoms with Gasteiger partial charge in [-0.1, -0.05) is 42.8 Å². The summed E-state index contributed by atoms with van der Waals surface area (Å²) in [6.07, 6.45) is 0. The van der Waals surface area contributed by atoms with Crippen LogP contribution < -0.4 is 10.0 Å². The second-order valence-corrected chi connectivity index (χ2v) is 9.77. The van der Waals surface area contributed by atoms with Crippen LogP contribution in [-0.2, 0) is 10.0 Å². The number of amides is 1. The van der Waals surface area contributed by atoms with Gasteiger partial charge in [0.2, 0.25) is 0 Å². The van der Waals surface area contributed by atoms with E-state index in [2.05, 4.69) is 17.0 Å². The summed E-state index contributed by atoms with van der Waals surface area (Å²) < 4.78 is 28.1. The average molecular weight is 441 g/mol. The summed E-state index contributed by atoms with van der Waals surface area (Å²) >= 11 is 1.65. The van der Waals surface area contributed by atoms with Crippen molar-refractivity contribution in [3.8, 4) is 0 Å². The molecule has 0 aliphatic carbocycles. The van der Waals surface area contributed by atoms with Gasteiger partial charge in [-0.25, -0.2) is 8.42 Å². The largest absolute Gasteiger partial charge is 0.321 e. The highest BCUT2D eigenvalue weighted by molar-refractivity contribution is 7.99. The van der Waals surface area contributed by atoms with E-state index in [0.29, 0.717) is 16.8 Å². The van der Waals surface area contributed by atoms with E-state index < -0.39 is 10.0 Å². The number of carbonyl (C=O) groups is 1. The van der Waals surface area contributed by atoms with Crippen molar-refractivity contribution in [2.75, 3.05) is 15.8 Å². The van der Waals surface area contributed by atoms with Crippen LogP contribution in [0.5, 0.6) is 0 Å². The van der Waals surface area contributed by atoms with Crippen molar-refractivity contribution < 1.29 is 13.2 Å². The minimum absolute atomic E-state index is 0.174. The van der Waals surface area contributed by atoms with Crippen LogP contribution in [0.1, 0.15) is 28.4 Å². The van der Waals surface area contributed by atoms with E-state index in [9.17, 15) is 13.2 Å². The summed E-state index contributed by atoms with van der Waals surface area (Å²) in [5.41, 5.74) is 3.06. The summed E-state index contributed by atoms with van der Waals surface area (Å²) in [6.45, 7) is 5.68. The van der Waals surface area contributed by atoms with E-state index in [1.807, 2.05) is 31.2 Å². The van der Waals surface area contributed by atoms with Gasteiger partial charge in [-0.3, -0.25) is 9.52 Å². The van der Waals surface area contributed by atoms with Crippen molar-refractivity contribution in [3.05, 3.63) is 83.4 Å². The predicted molar refractivity (Wildman–Crippen MR) is 124 cm³/mol. The molecule has 0 aliphatic rings. The molecule has 0 spiro atoms. The first kappa shape index (κ1) is 21.9. The molecule has 0 aliphatic heterocycles. The number of para-hydroxylation sites is 1. The molecule has 0 saturated heterocycles. The van der Waals surface area contributed by atoms with Crippen molar-refractivity contribution in [2.45, 2.75) is 30.6 Å². The Balaban J connectivity index is 1.86. The third kappa shape index (κ3) is 5.04. The van der Waals surface area contributed by atoms with Crippen LogP contribution in [0.15, 0.2) is 76.5 Å². The SMILES string of the molecule is CCSc1ccccc1NC(=O)c1cccc(NS(=O)(=O)c2ccc(C)cc2)c1C. The van der Waals surface area contributed by atoms with Crippen molar-refractivity contribution >= 4 is 39.1 Å². The first-order valence-electron chi connectivity index (χ1n) is 9.54. The zero-order chi connectivity index (χ0) is 21.7. The van der Waals surface area contributed by atoms with Crippen molar-refractivity contribution in [1.29, 1.82) is 0 Å². The maximum absolute atomic E-state index is 12.9. The maximum Gasteiger partial charge on any atom is 0.261 e. The van der Waals surface area contributed by atoms with Crippen LogP contribution in [-0.4, -0.2) is 20.1 Å². The highest BCUT2D eigenvalue weighted by Crippen LogP contribution is 2.28. The Labute approximate surface area is 182 Å². The summed E-state index contributed by atoms with van der Waals surface area (Å²) in [4.78, 5) is 14.1. The Morgan fingerprint density at radius 1 is 0.900 bits per heavy atom. The van der Waals surface area contributed by atoms with E-state index >= 15 is 0 Å². The van der Waals surface area contributed by atoms with Crippen LogP contribution in [0.25, 0.3) is 0 Å². The molecule has 1 amide bonds. The smallest absolute Gasteiger partial charge is 0.261 e. The van der Waals surface area contributed by atoms with Crippen molar-refractivity contribution in [3.63, 3.8) is 0 Å². The molecule has 0 atom stereocenters. The Morgan fingerprint density at radius 2 is 1.57 bits per heavy atom. The Kier molecular flexibility index (Phi) is 6.84. The minimum Gasteiger partial charge on any atom is -0.321 e. The molecule has 3 rings (SSSR count). The minimum atomic E-state index is -3.75. The molecular formula is C23H24N2O3S2. The number of thioether (sulfide) groups is 1. The first-order valence-corrected chi connectivity index (χ1v) is 12.0. The van der Waals surface area contributed by atoms with Crippen LogP contribution in [0.2, 0.25) is 0 Å². The zero-order valence-electron chi connectivity index (χ0n) is 17.1. The molecule has 2 N–H and O–H groups in total. The Morgan fingerprint density at radius 3 is 2.27 bits per heavy atom.